The molecule has 0 heterocycles. The number of quaternary nitrogens is 1. The molecule has 1 atom stereocenters. The molecule has 6 heteroatoms. The fourth-order valence-corrected chi connectivity index (χ4v) is 2.07. The van der Waals surface area contributed by atoms with E-state index in [9.17, 15) is 4.79 Å². The Morgan fingerprint density at radius 2 is 2.10 bits per heavy atom. The van der Waals surface area contributed by atoms with Gasteiger partial charge < -0.3 is 15.0 Å². The summed E-state index contributed by atoms with van der Waals surface area (Å²) < 4.78 is 5.53. The van der Waals surface area contributed by atoms with Crippen LogP contribution in [-0.4, -0.2) is 39.2 Å². The first kappa shape index (κ1) is 17.1. The summed E-state index contributed by atoms with van der Waals surface area (Å²) in [5, 5.41) is 3.77. The Morgan fingerprint density at radius 3 is 2.70 bits per heavy atom. The first-order chi connectivity index (χ1) is 9.40. The first-order valence-corrected chi connectivity index (χ1v) is 7.34. The lowest BCUT2D eigenvalue weighted by atomic mass is 10.3. The molecule has 0 bridgehead atoms. The molecule has 2 N–H and O–H groups in total. The third-order valence-corrected chi connectivity index (χ3v) is 3.25. The van der Waals surface area contributed by atoms with Crippen molar-refractivity contribution >= 4 is 29.1 Å². The monoisotopic (exact) mass is 319 g/mol. The Labute approximate surface area is 130 Å². The van der Waals surface area contributed by atoms with Crippen LogP contribution in [0.3, 0.4) is 0 Å². The van der Waals surface area contributed by atoms with Crippen LogP contribution in [0.4, 0.5) is 0 Å². The minimum Gasteiger partial charge on any atom is -0.479 e. The van der Waals surface area contributed by atoms with Gasteiger partial charge in [-0.3, -0.25) is 4.79 Å². The van der Waals surface area contributed by atoms with Crippen LogP contribution in [0.5, 0.6) is 5.75 Å². The zero-order valence-corrected chi connectivity index (χ0v) is 13.5. The molecule has 0 aliphatic carbocycles. The lowest BCUT2D eigenvalue weighted by molar-refractivity contribution is -0.858. The lowest BCUT2D eigenvalue weighted by Crippen LogP contribution is -3.05. The molecule has 0 spiro atoms. The van der Waals surface area contributed by atoms with Crippen LogP contribution in [0.1, 0.15) is 13.3 Å². The highest BCUT2D eigenvalue weighted by Crippen LogP contribution is 2.28. The molecule has 4 nitrogen and oxygen atoms in total. The van der Waals surface area contributed by atoms with E-state index in [0.717, 1.165) is 13.0 Å². The summed E-state index contributed by atoms with van der Waals surface area (Å²) in [5.41, 5.74) is 0. The van der Waals surface area contributed by atoms with Crippen LogP contribution in [0.2, 0.25) is 10.0 Å². The fraction of sp³-hybridized carbons (Fsp3) is 0.500. The van der Waals surface area contributed by atoms with Crippen LogP contribution in [-0.2, 0) is 4.79 Å². The van der Waals surface area contributed by atoms with Crippen molar-refractivity contribution in [1.29, 1.82) is 0 Å². The second-order valence-electron chi connectivity index (χ2n) is 4.94. The minimum absolute atomic E-state index is 0.148. The van der Waals surface area contributed by atoms with Crippen molar-refractivity contribution in [3.63, 3.8) is 0 Å². The largest absolute Gasteiger partial charge is 0.479 e. The van der Waals surface area contributed by atoms with Gasteiger partial charge in [-0.15, -0.1) is 0 Å². The van der Waals surface area contributed by atoms with Crippen molar-refractivity contribution < 1.29 is 14.4 Å². The summed E-state index contributed by atoms with van der Waals surface area (Å²) in [7, 11) is 4.16. The Morgan fingerprint density at radius 1 is 1.40 bits per heavy atom. The molecule has 0 fully saturated rings. The molecule has 0 unspecified atom stereocenters. The third-order valence-electron chi connectivity index (χ3n) is 2.72. The third kappa shape index (κ3) is 5.99. The van der Waals surface area contributed by atoms with Crippen molar-refractivity contribution in [3.8, 4) is 5.75 Å². The van der Waals surface area contributed by atoms with Gasteiger partial charge in [0.2, 0.25) is 0 Å². The molecule has 1 aromatic rings. The number of carbonyl (C=O) groups is 1. The highest BCUT2D eigenvalue weighted by Gasteiger charge is 2.15. The lowest BCUT2D eigenvalue weighted by Gasteiger charge is -2.16. The standard InChI is InChI=1S/C14H20Cl2N2O2/c1-10(14(19)17-7-4-8-18(2)3)20-13-6-5-11(15)9-12(13)16/h5-6,9-10H,4,7-8H2,1-3H3,(H,17,19)/p+1/t10-/m1/s1. The van der Waals surface area contributed by atoms with E-state index < -0.39 is 6.10 Å². The Hall–Kier alpha value is -0.970. The smallest absolute Gasteiger partial charge is 0.260 e. The highest BCUT2D eigenvalue weighted by atomic mass is 35.5. The Bertz CT molecular complexity index is 453. The van der Waals surface area contributed by atoms with Gasteiger partial charge in [0.15, 0.2) is 6.10 Å². The number of amides is 1. The van der Waals surface area contributed by atoms with Gasteiger partial charge >= 0.3 is 0 Å². The highest BCUT2D eigenvalue weighted by molar-refractivity contribution is 6.35. The molecule has 1 amide bonds. The number of ether oxygens (including phenoxy) is 1. The summed E-state index contributed by atoms with van der Waals surface area (Å²) in [5.74, 6) is 0.307. The first-order valence-electron chi connectivity index (χ1n) is 6.58. The molecule has 0 saturated heterocycles. The summed E-state index contributed by atoms with van der Waals surface area (Å²) >= 11 is 11.8. The summed E-state index contributed by atoms with van der Waals surface area (Å²) in [6, 6.07) is 4.92. The molecule has 1 aromatic carbocycles. The number of benzene rings is 1. The summed E-state index contributed by atoms with van der Waals surface area (Å²) in [4.78, 5) is 13.2. The number of rotatable bonds is 7. The van der Waals surface area contributed by atoms with Gasteiger partial charge in [0.05, 0.1) is 25.7 Å². The van der Waals surface area contributed by atoms with Crippen LogP contribution in [0.15, 0.2) is 18.2 Å². The van der Waals surface area contributed by atoms with Crippen LogP contribution in [0, 0.1) is 0 Å². The average Bonchev–Trinajstić information content (AvgIpc) is 2.37. The maximum Gasteiger partial charge on any atom is 0.260 e. The number of carbonyl (C=O) groups excluding carboxylic acids is 1. The fourth-order valence-electron chi connectivity index (χ4n) is 1.61. The van der Waals surface area contributed by atoms with Gasteiger partial charge in [-0.1, -0.05) is 23.2 Å². The molecule has 0 aromatic heterocycles. The van der Waals surface area contributed by atoms with E-state index in [1.807, 2.05) is 0 Å². The maximum absolute atomic E-state index is 11.9. The van der Waals surface area contributed by atoms with E-state index in [2.05, 4.69) is 19.4 Å². The van der Waals surface area contributed by atoms with Gasteiger partial charge in [-0.25, -0.2) is 0 Å². The molecule has 20 heavy (non-hydrogen) atoms. The van der Waals surface area contributed by atoms with Gasteiger partial charge in [0.25, 0.3) is 5.91 Å². The molecule has 0 saturated carbocycles. The van der Waals surface area contributed by atoms with E-state index in [4.69, 9.17) is 27.9 Å². The molecule has 0 aliphatic heterocycles. The number of hydrogen-bond donors (Lipinski definition) is 2. The predicted octanol–water partition coefficient (Wildman–Crippen LogP) is 1.41. The Balaban J connectivity index is 2.41. The quantitative estimate of drug-likeness (QED) is 0.746. The van der Waals surface area contributed by atoms with Crippen molar-refractivity contribution in [3.05, 3.63) is 28.2 Å². The number of nitrogens with one attached hydrogen (secondary N) is 2. The summed E-state index contributed by atoms with van der Waals surface area (Å²) in [6.45, 7) is 3.35. The number of halogens is 2. The van der Waals surface area contributed by atoms with Crippen molar-refractivity contribution in [2.24, 2.45) is 0 Å². The molecular weight excluding hydrogens is 299 g/mol. The average molecular weight is 320 g/mol. The minimum atomic E-state index is -0.597. The zero-order chi connectivity index (χ0) is 15.1. The van der Waals surface area contributed by atoms with E-state index >= 15 is 0 Å². The van der Waals surface area contributed by atoms with Crippen molar-refractivity contribution in [2.75, 3.05) is 27.2 Å². The summed E-state index contributed by atoms with van der Waals surface area (Å²) in [6.07, 6.45) is 0.336. The topological polar surface area (TPSA) is 42.8 Å². The van der Waals surface area contributed by atoms with Gasteiger partial charge in [0, 0.05) is 18.0 Å². The van der Waals surface area contributed by atoms with Gasteiger partial charge in [0.1, 0.15) is 5.75 Å². The van der Waals surface area contributed by atoms with E-state index in [1.54, 1.807) is 25.1 Å². The van der Waals surface area contributed by atoms with Crippen molar-refractivity contribution in [1.82, 2.24) is 5.32 Å². The van der Waals surface area contributed by atoms with Crippen molar-refractivity contribution in [2.45, 2.75) is 19.4 Å². The zero-order valence-electron chi connectivity index (χ0n) is 12.0. The molecular formula is C14H21Cl2N2O2+. The normalized spacial score (nSPS) is 12.3. The second kappa shape index (κ2) is 8.35. The predicted molar refractivity (Wildman–Crippen MR) is 81.9 cm³/mol. The van der Waals surface area contributed by atoms with Gasteiger partial charge in [-0.2, -0.15) is 0 Å². The van der Waals surface area contributed by atoms with E-state index in [0.29, 0.717) is 22.3 Å². The van der Waals surface area contributed by atoms with E-state index in [1.165, 1.54) is 4.90 Å². The molecule has 0 radical (unpaired) electrons. The van der Waals surface area contributed by atoms with Crippen LogP contribution < -0.4 is 15.0 Å². The Kier molecular flexibility index (Phi) is 7.13. The second-order valence-corrected chi connectivity index (χ2v) is 5.78. The van der Waals surface area contributed by atoms with Crippen LogP contribution >= 0.6 is 23.2 Å². The SMILES string of the molecule is C[C@@H](Oc1ccc(Cl)cc1Cl)C(=O)NCCC[NH+](C)C. The van der Waals surface area contributed by atoms with Gasteiger partial charge in [-0.05, 0) is 25.1 Å². The molecule has 1 rings (SSSR count). The molecule has 0 aliphatic rings. The number of hydrogen-bond acceptors (Lipinski definition) is 2. The van der Waals surface area contributed by atoms with E-state index in [-0.39, 0.29) is 5.91 Å². The van der Waals surface area contributed by atoms with Crippen LogP contribution in [0.25, 0.3) is 0 Å². The maximum atomic E-state index is 11.9. The molecule has 112 valence electrons.